The van der Waals surface area contributed by atoms with Crippen molar-refractivity contribution in [2.24, 2.45) is 0 Å². The number of hydrogen-bond donors (Lipinski definition) is 0. The lowest BCUT2D eigenvalue weighted by atomic mass is 10.2. The second-order valence-corrected chi connectivity index (χ2v) is 4.73. The number of fused-ring (bicyclic) bond motifs is 3. The predicted octanol–water partition coefficient (Wildman–Crippen LogP) is 0.742. The monoisotopic (exact) mass is 283 g/mol. The summed E-state index contributed by atoms with van der Waals surface area (Å²) in [6, 6.07) is 10.4. The van der Waals surface area contributed by atoms with Gasteiger partial charge in [-0.05, 0) is 40.9 Å². The molecule has 8 nitrogen and oxygen atoms in total. The highest BCUT2D eigenvalue weighted by atomic mass is 16.8. The summed E-state index contributed by atoms with van der Waals surface area (Å²) in [5.41, 5.74) is 2.84. The van der Waals surface area contributed by atoms with Crippen molar-refractivity contribution in [3.63, 3.8) is 0 Å². The quantitative estimate of drug-likeness (QED) is 0.379. The standard InChI is InChI=1S/C13H9N5O3/c1-8-2-4-9(5-3-8)16-14-12-10(17(16)19)6-7-11-13(12)15-21-18(11)20/h2-7H,1H3. The van der Waals surface area contributed by atoms with Crippen molar-refractivity contribution in [3.8, 4) is 5.69 Å². The molecule has 21 heavy (non-hydrogen) atoms. The molecular formula is C13H9N5O3. The zero-order valence-electron chi connectivity index (χ0n) is 10.9. The van der Waals surface area contributed by atoms with Crippen molar-refractivity contribution in [1.29, 1.82) is 0 Å². The molecule has 4 rings (SSSR count). The minimum atomic E-state index is 0.233. The molecule has 0 saturated carbocycles. The minimum Gasteiger partial charge on any atom is -0.692 e. The van der Waals surface area contributed by atoms with Gasteiger partial charge in [0, 0.05) is 0 Å². The molecule has 0 unspecified atom stereocenters. The summed E-state index contributed by atoms with van der Waals surface area (Å²) in [7, 11) is 0. The van der Waals surface area contributed by atoms with E-state index in [1.54, 1.807) is 12.1 Å². The lowest BCUT2D eigenvalue weighted by Gasteiger charge is -2.03. The van der Waals surface area contributed by atoms with Crippen molar-refractivity contribution in [2.45, 2.75) is 6.92 Å². The van der Waals surface area contributed by atoms with Crippen molar-refractivity contribution in [3.05, 3.63) is 52.4 Å². The van der Waals surface area contributed by atoms with Crippen LogP contribution in [0.2, 0.25) is 0 Å². The highest BCUT2D eigenvalue weighted by Crippen LogP contribution is 2.18. The Morgan fingerprint density at radius 2 is 1.71 bits per heavy atom. The van der Waals surface area contributed by atoms with E-state index < -0.39 is 0 Å². The summed E-state index contributed by atoms with van der Waals surface area (Å²) >= 11 is 0. The van der Waals surface area contributed by atoms with Crippen LogP contribution >= 0.6 is 0 Å². The van der Waals surface area contributed by atoms with Gasteiger partial charge in [0.25, 0.3) is 0 Å². The van der Waals surface area contributed by atoms with Gasteiger partial charge >= 0.3 is 11.0 Å². The Balaban J connectivity index is 2.04. The van der Waals surface area contributed by atoms with Crippen molar-refractivity contribution in [1.82, 2.24) is 15.1 Å². The van der Waals surface area contributed by atoms with Crippen LogP contribution in [-0.2, 0) is 0 Å². The van der Waals surface area contributed by atoms with Crippen molar-refractivity contribution < 1.29 is 14.4 Å². The Morgan fingerprint density at radius 3 is 2.48 bits per heavy atom. The van der Waals surface area contributed by atoms with Crippen LogP contribution in [0.5, 0.6) is 0 Å². The van der Waals surface area contributed by atoms with Crippen molar-refractivity contribution in [2.75, 3.05) is 0 Å². The first-order valence-corrected chi connectivity index (χ1v) is 6.23. The van der Waals surface area contributed by atoms with Gasteiger partial charge in [0.15, 0.2) is 0 Å². The molecule has 2 aromatic carbocycles. The Bertz CT molecular complexity index is 971. The van der Waals surface area contributed by atoms with Gasteiger partial charge in [-0.25, -0.2) is 0 Å². The molecule has 0 fully saturated rings. The largest absolute Gasteiger partial charge is 0.692 e. The fourth-order valence-corrected chi connectivity index (χ4v) is 2.25. The van der Waals surface area contributed by atoms with Crippen LogP contribution in [0.15, 0.2) is 41.0 Å². The molecule has 0 aliphatic carbocycles. The van der Waals surface area contributed by atoms with Gasteiger partial charge in [0.2, 0.25) is 11.0 Å². The van der Waals surface area contributed by atoms with E-state index in [2.05, 4.69) is 14.9 Å². The average molecular weight is 283 g/mol. The third kappa shape index (κ3) is 1.55. The fraction of sp³-hybridized carbons (Fsp3) is 0.0769. The van der Waals surface area contributed by atoms with Crippen LogP contribution in [0.25, 0.3) is 27.8 Å². The van der Waals surface area contributed by atoms with Gasteiger partial charge in [0.05, 0.1) is 10.3 Å². The zero-order valence-corrected chi connectivity index (χ0v) is 10.9. The highest BCUT2D eigenvalue weighted by Gasteiger charge is 2.25. The van der Waals surface area contributed by atoms with E-state index >= 15 is 0 Å². The van der Waals surface area contributed by atoms with Gasteiger partial charge in [-0.1, -0.05) is 17.7 Å². The van der Waals surface area contributed by atoms with E-state index in [1.165, 1.54) is 16.9 Å². The zero-order chi connectivity index (χ0) is 14.6. The number of benzene rings is 2. The maximum atomic E-state index is 12.3. The van der Waals surface area contributed by atoms with Gasteiger partial charge < -0.3 is 10.4 Å². The predicted molar refractivity (Wildman–Crippen MR) is 71.3 cm³/mol. The van der Waals surface area contributed by atoms with Crippen LogP contribution < -0.4 is 9.75 Å². The van der Waals surface area contributed by atoms with Gasteiger partial charge in [0.1, 0.15) is 5.69 Å². The molecular weight excluding hydrogens is 274 g/mol. The number of aromatic nitrogens is 5. The third-order valence-corrected chi connectivity index (χ3v) is 3.35. The summed E-state index contributed by atoms with van der Waals surface area (Å²) in [4.78, 5) is 2.16. The second kappa shape index (κ2) is 3.92. The number of hydrogen-bond acceptors (Lipinski definition) is 5. The van der Waals surface area contributed by atoms with Gasteiger partial charge in [-0.2, -0.15) is 0 Å². The molecule has 0 saturated heterocycles. The Morgan fingerprint density at radius 1 is 1.00 bits per heavy atom. The van der Waals surface area contributed by atoms with E-state index in [0.717, 1.165) is 5.56 Å². The molecule has 0 bridgehead atoms. The molecule has 2 heterocycles. The van der Waals surface area contributed by atoms with Crippen LogP contribution in [0.4, 0.5) is 0 Å². The van der Waals surface area contributed by atoms with Crippen LogP contribution in [0.3, 0.4) is 0 Å². The number of rotatable bonds is 1. The number of aryl methyl sites for hydroxylation is 1. The number of nitrogens with zero attached hydrogens (tertiary/aromatic N) is 5. The molecule has 0 amide bonds. The fourth-order valence-electron chi connectivity index (χ4n) is 2.25. The third-order valence-electron chi connectivity index (χ3n) is 3.35. The van der Waals surface area contributed by atoms with E-state index in [4.69, 9.17) is 0 Å². The normalized spacial score (nSPS) is 11.5. The summed E-state index contributed by atoms with van der Waals surface area (Å²) in [6.45, 7) is 1.96. The summed E-state index contributed by atoms with van der Waals surface area (Å²) in [5, 5.41) is 31.6. The molecule has 0 aliphatic rings. The average Bonchev–Trinajstić information content (AvgIpc) is 3.02. The van der Waals surface area contributed by atoms with E-state index in [1.807, 2.05) is 19.1 Å². The molecule has 104 valence electrons. The summed E-state index contributed by atoms with van der Waals surface area (Å²) in [6.07, 6.45) is 0. The minimum absolute atomic E-state index is 0.233. The maximum Gasteiger partial charge on any atom is 0.307 e. The first-order valence-electron chi connectivity index (χ1n) is 6.23. The van der Waals surface area contributed by atoms with E-state index in [0.29, 0.717) is 21.6 Å². The molecule has 0 atom stereocenters. The maximum absolute atomic E-state index is 12.3. The topological polar surface area (TPSA) is 97.7 Å². The Labute approximate surface area is 117 Å². The van der Waals surface area contributed by atoms with Crippen LogP contribution in [0.1, 0.15) is 5.56 Å². The summed E-state index contributed by atoms with van der Waals surface area (Å²) < 4.78 is 4.54. The van der Waals surface area contributed by atoms with Crippen LogP contribution in [0, 0.1) is 17.3 Å². The second-order valence-electron chi connectivity index (χ2n) is 4.73. The molecule has 0 radical (unpaired) electrons. The Kier molecular flexibility index (Phi) is 2.17. The summed E-state index contributed by atoms with van der Waals surface area (Å²) in [5.74, 6) is 0. The molecule has 4 aromatic rings. The van der Waals surface area contributed by atoms with Crippen molar-refractivity contribution >= 4 is 22.1 Å². The van der Waals surface area contributed by atoms with E-state index in [-0.39, 0.29) is 15.9 Å². The SMILES string of the molecule is Cc1ccc(-n2nc3c4no[n+]([O-])c4ccc3[n+]2[O-])cc1. The molecule has 2 aromatic heterocycles. The van der Waals surface area contributed by atoms with Gasteiger partial charge in [-0.3, -0.25) is 4.63 Å². The first-order chi connectivity index (χ1) is 10.1. The smallest absolute Gasteiger partial charge is 0.307 e. The van der Waals surface area contributed by atoms with Crippen LogP contribution in [-0.4, -0.2) is 15.1 Å². The molecule has 8 heteroatoms. The molecule has 0 N–H and O–H groups in total. The van der Waals surface area contributed by atoms with Gasteiger partial charge in [-0.15, -0.1) is 4.85 Å². The lowest BCUT2D eigenvalue weighted by molar-refractivity contribution is -0.782. The lowest BCUT2D eigenvalue weighted by Crippen LogP contribution is -2.37. The van der Waals surface area contributed by atoms with E-state index in [9.17, 15) is 10.4 Å². The highest BCUT2D eigenvalue weighted by molar-refractivity contribution is 5.96. The molecule has 0 aliphatic heterocycles. The Hall–Kier alpha value is -3.16. The first kappa shape index (κ1) is 11.6. The molecule has 0 spiro atoms.